The first-order chi connectivity index (χ1) is 4.00. The molecular formula is Co3F2O6Si2. The summed E-state index contributed by atoms with van der Waals surface area (Å²) >= 11 is 0. The Morgan fingerprint density at radius 2 is 0.538 bits per heavy atom. The number of hydrogen-bond donors (Lipinski definition) is 0. The Morgan fingerprint density at radius 1 is 0.538 bits per heavy atom. The molecule has 0 heterocycles. The molecular weight excluding hydrogens is 367 g/mol. The smallest absolute Gasteiger partial charge is 0.857 e. The minimum Gasteiger partial charge on any atom is -0.857 e. The standard InChI is InChI=1S/3Co.2FO3Si/c;;;2*1-5(2,3)4/q3*+2;2*-3. The third-order valence-electron chi connectivity index (χ3n) is 0. The second-order valence-corrected chi connectivity index (χ2v) is 2.89. The Balaban J connectivity index is -0.0000000267. The molecule has 0 aliphatic rings. The van der Waals surface area contributed by atoms with Crippen molar-refractivity contribution in [2.24, 2.45) is 0 Å². The van der Waals surface area contributed by atoms with E-state index in [0.29, 0.717) is 0 Å². The quantitative estimate of drug-likeness (QED) is 0.308. The van der Waals surface area contributed by atoms with Gasteiger partial charge in [-0.15, -0.1) is 0 Å². The normalized spacial score (nSPS) is 9.23. The molecule has 0 amide bonds. The van der Waals surface area contributed by atoms with Crippen LogP contribution in [0.2, 0.25) is 0 Å². The molecule has 3 radical (unpaired) electrons. The van der Waals surface area contributed by atoms with Crippen LogP contribution in [0.25, 0.3) is 0 Å². The molecule has 0 saturated carbocycles. The van der Waals surface area contributed by atoms with Gasteiger partial charge in [-0.2, -0.15) is 0 Å². The Bertz CT molecular complexity index is 66.9. The predicted octanol–water partition coefficient (Wildman–Crippen LogP) is -7.06. The van der Waals surface area contributed by atoms with E-state index in [1.54, 1.807) is 0 Å². The topological polar surface area (TPSA) is 138 Å². The van der Waals surface area contributed by atoms with Gasteiger partial charge in [-0.3, -0.25) is 0 Å². The van der Waals surface area contributed by atoms with Gasteiger partial charge in [0.1, 0.15) is 0 Å². The van der Waals surface area contributed by atoms with E-state index in [0.717, 1.165) is 0 Å². The molecule has 0 rings (SSSR count). The van der Waals surface area contributed by atoms with Gasteiger partial charge in [-0.25, -0.2) is 0 Å². The number of rotatable bonds is 0. The summed E-state index contributed by atoms with van der Waals surface area (Å²) in [4.78, 5) is 50.8. The van der Waals surface area contributed by atoms with Crippen LogP contribution in [0.3, 0.4) is 0 Å². The van der Waals surface area contributed by atoms with Crippen LogP contribution in [0.15, 0.2) is 0 Å². The maximum Gasteiger partial charge on any atom is 2.00 e. The summed E-state index contributed by atoms with van der Waals surface area (Å²) in [6.07, 6.45) is 0. The van der Waals surface area contributed by atoms with E-state index in [9.17, 15) is 8.22 Å². The monoisotopic (exact) mass is 367 g/mol. The fraction of sp³-hybridized carbons (Fsp3) is 0. The molecule has 0 fully saturated rings. The second kappa shape index (κ2) is 11.6. The van der Waals surface area contributed by atoms with Crippen molar-refractivity contribution >= 4 is 18.3 Å². The van der Waals surface area contributed by atoms with Crippen molar-refractivity contribution in [3.05, 3.63) is 0 Å². The molecule has 0 aromatic carbocycles. The van der Waals surface area contributed by atoms with Gasteiger partial charge in [0.05, 0.1) is 0 Å². The van der Waals surface area contributed by atoms with Crippen molar-refractivity contribution in [2.45, 2.75) is 0 Å². The third kappa shape index (κ3) is 735. The van der Waals surface area contributed by atoms with Gasteiger partial charge in [0.25, 0.3) is 0 Å². The van der Waals surface area contributed by atoms with Crippen LogP contribution in [0.5, 0.6) is 0 Å². The molecule has 0 N–H and O–H groups in total. The van der Waals surface area contributed by atoms with Gasteiger partial charge in [-0.05, 0) is 0 Å². The van der Waals surface area contributed by atoms with Crippen LogP contribution in [-0.2, 0) is 50.3 Å². The van der Waals surface area contributed by atoms with Crippen molar-refractivity contribution in [1.82, 2.24) is 0 Å². The van der Waals surface area contributed by atoms with Gasteiger partial charge < -0.3 is 37.0 Å². The molecule has 13 heavy (non-hydrogen) atoms. The molecule has 0 aromatic heterocycles. The molecule has 0 spiro atoms. The van der Waals surface area contributed by atoms with Gasteiger partial charge in [0.2, 0.25) is 0 Å². The van der Waals surface area contributed by atoms with Crippen LogP contribution in [0, 0.1) is 0 Å². The SMILES string of the molecule is [Co+2].[Co+2].[Co+2].[O-][Si]([O-])([O-])F.[O-][Si]([O-])([O-])F. The fourth-order valence-electron chi connectivity index (χ4n) is 0. The van der Waals surface area contributed by atoms with E-state index >= 15 is 0 Å². The molecule has 0 saturated heterocycles. The Kier molecular flexibility index (Phi) is 26.2. The average molecular weight is 367 g/mol. The van der Waals surface area contributed by atoms with Crippen molar-refractivity contribution in [2.75, 3.05) is 0 Å². The maximum atomic E-state index is 10.2. The molecule has 0 unspecified atom stereocenters. The number of halogens is 2. The zero-order chi connectivity index (χ0) is 9.00. The molecule has 0 aliphatic heterocycles. The second-order valence-electron chi connectivity index (χ2n) is 0.963. The molecule has 0 atom stereocenters. The van der Waals surface area contributed by atoms with Crippen LogP contribution in [-0.4, -0.2) is 18.3 Å². The zero-order valence-corrected chi connectivity index (χ0v) is 10.3. The summed E-state index contributed by atoms with van der Waals surface area (Å²) in [5.41, 5.74) is 0. The molecule has 6 nitrogen and oxygen atoms in total. The van der Waals surface area contributed by atoms with E-state index in [2.05, 4.69) is 0 Å². The summed E-state index contributed by atoms with van der Waals surface area (Å²) in [6.45, 7) is 0. The average Bonchev–Trinajstić information content (AvgIpc) is 1.12. The largest absolute Gasteiger partial charge is 2.00 e. The first kappa shape index (κ1) is 29.3. The predicted molar refractivity (Wildman–Crippen MR) is 13.7 cm³/mol. The van der Waals surface area contributed by atoms with E-state index in [1.165, 1.54) is 0 Å². The van der Waals surface area contributed by atoms with E-state index in [-0.39, 0.29) is 50.3 Å². The minimum absolute atomic E-state index is 0. The minimum atomic E-state index is -5.86. The first-order valence-corrected chi connectivity index (χ1v) is 4.81. The van der Waals surface area contributed by atoms with Crippen LogP contribution >= 0.6 is 0 Å². The van der Waals surface area contributed by atoms with E-state index in [1.807, 2.05) is 0 Å². The molecule has 0 aliphatic carbocycles. The third-order valence-corrected chi connectivity index (χ3v) is 0. The fourth-order valence-corrected chi connectivity index (χ4v) is 0. The van der Waals surface area contributed by atoms with Gasteiger partial charge >= 0.3 is 50.3 Å². The Hall–Kier alpha value is 1.57. The number of hydrogen-bond acceptors (Lipinski definition) is 6. The van der Waals surface area contributed by atoms with Crippen molar-refractivity contribution in [1.29, 1.82) is 0 Å². The van der Waals surface area contributed by atoms with Gasteiger partial charge in [0.15, 0.2) is 0 Å². The molecule has 0 bridgehead atoms. The van der Waals surface area contributed by atoms with Gasteiger partial charge in [0, 0.05) is 0 Å². The zero-order valence-electron chi connectivity index (χ0n) is 5.21. The van der Waals surface area contributed by atoms with Crippen LogP contribution in [0.4, 0.5) is 8.22 Å². The van der Waals surface area contributed by atoms with E-state index in [4.69, 9.17) is 28.8 Å². The summed E-state index contributed by atoms with van der Waals surface area (Å²) < 4.78 is 20.3. The van der Waals surface area contributed by atoms with E-state index < -0.39 is 18.3 Å². The Morgan fingerprint density at radius 3 is 0.538 bits per heavy atom. The van der Waals surface area contributed by atoms with Crippen molar-refractivity contribution in [3.8, 4) is 0 Å². The van der Waals surface area contributed by atoms with Crippen LogP contribution < -0.4 is 28.8 Å². The van der Waals surface area contributed by atoms with Crippen molar-refractivity contribution in [3.63, 3.8) is 0 Å². The maximum absolute atomic E-state index is 10.2. The molecule has 13 heteroatoms. The van der Waals surface area contributed by atoms with Crippen LogP contribution in [0.1, 0.15) is 0 Å². The summed E-state index contributed by atoms with van der Waals surface area (Å²) in [5, 5.41) is 0. The molecule has 0 aromatic rings. The summed E-state index contributed by atoms with van der Waals surface area (Å²) in [7, 11) is -11.7. The molecule has 85 valence electrons. The summed E-state index contributed by atoms with van der Waals surface area (Å²) in [6, 6.07) is 0. The summed E-state index contributed by atoms with van der Waals surface area (Å²) in [5.74, 6) is 0. The Labute approximate surface area is 105 Å². The first-order valence-electron chi connectivity index (χ1n) is 1.60. The van der Waals surface area contributed by atoms with Crippen molar-refractivity contribution < 1.29 is 87.3 Å². The van der Waals surface area contributed by atoms with Gasteiger partial charge in [-0.1, -0.05) is 18.3 Å².